The number of rotatable bonds is 3. The molecule has 1 heterocycles. The molecule has 0 atom stereocenters. The van der Waals surface area contributed by atoms with E-state index in [-0.39, 0.29) is 0 Å². The smallest absolute Gasteiger partial charge is 0.303 e. The van der Waals surface area contributed by atoms with Gasteiger partial charge in [-0.2, -0.15) is 0 Å². The molecule has 0 saturated heterocycles. The Hall–Kier alpha value is -1.55. The average molecular weight is 274 g/mol. The first-order valence-electron chi connectivity index (χ1n) is 7.34. The number of nitrogens with zero attached hydrogens (tertiary/aromatic N) is 1. The van der Waals surface area contributed by atoms with Crippen LogP contribution in [0.3, 0.4) is 0 Å². The zero-order valence-corrected chi connectivity index (χ0v) is 11.9. The lowest BCUT2D eigenvalue weighted by Gasteiger charge is -2.38. The zero-order chi connectivity index (χ0) is 14.3. The molecule has 108 valence electrons. The lowest BCUT2D eigenvalue weighted by Crippen LogP contribution is -2.30. The summed E-state index contributed by atoms with van der Waals surface area (Å²) in [6.07, 6.45) is 3.39. The Morgan fingerprint density at radius 1 is 1.45 bits per heavy atom. The largest absolute Gasteiger partial charge is 0.481 e. The van der Waals surface area contributed by atoms with Crippen molar-refractivity contribution in [3.63, 3.8) is 0 Å². The molecule has 3 N–H and O–H groups in total. The van der Waals surface area contributed by atoms with Crippen molar-refractivity contribution in [1.29, 1.82) is 0 Å². The quantitative estimate of drug-likeness (QED) is 0.829. The minimum absolute atomic E-state index is 0.309. The average Bonchev–Trinajstić information content (AvgIpc) is 2.31. The van der Waals surface area contributed by atoms with Crippen molar-refractivity contribution in [1.82, 2.24) is 4.90 Å². The van der Waals surface area contributed by atoms with Gasteiger partial charge in [0, 0.05) is 25.2 Å². The second-order valence-corrected chi connectivity index (χ2v) is 6.37. The summed E-state index contributed by atoms with van der Waals surface area (Å²) in [6.45, 7) is 2.06. The van der Waals surface area contributed by atoms with Crippen molar-refractivity contribution >= 4 is 11.7 Å². The first-order valence-corrected chi connectivity index (χ1v) is 7.34. The summed E-state index contributed by atoms with van der Waals surface area (Å²) >= 11 is 0. The molecule has 20 heavy (non-hydrogen) atoms. The fraction of sp³-hybridized carbons (Fsp3) is 0.562. The number of carboxylic acid groups (broad SMARTS) is 1. The number of carboxylic acids is 1. The molecule has 1 aliphatic carbocycles. The number of fused-ring (bicyclic) bond motifs is 1. The van der Waals surface area contributed by atoms with Gasteiger partial charge >= 0.3 is 5.97 Å². The summed E-state index contributed by atoms with van der Waals surface area (Å²) in [5.41, 5.74) is 11.1. The van der Waals surface area contributed by atoms with Crippen LogP contribution < -0.4 is 5.73 Å². The Labute approximate surface area is 119 Å². The van der Waals surface area contributed by atoms with E-state index in [1.54, 1.807) is 0 Å². The molecule has 1 fully saturated rings. The third-order valence-electron chi connectivity index (χ3n) is 4.72. The molecule has 1 aliphatic heterocycles. The van der Waals surface area contributed by atoms with Gasteiger partial charge in [-0.3, -0.25) is 4.79 Å². The van der Waals surface area contributed by atoms with Crippen LogP contribution in [0.15, 0.2) is 12.1 Å². The second-order valence-electron chi connectivity index (χ2n) is 6.37. The van der Waals surface area contributed by atoms with E-state index in [0.29, 0.717) is 18.3 Å². The summed E-state index contributed by atoms with van der Waals surface area (Å²) < 4.78 is 0. The SMILES string of the molecule is CN1CCc2c(cc(N)cc2C2CC(CC(=O)O)C2)C1. The Morgan fingerprint density at radius 3 is 2.90 bits per heavy atom. The van der Waals surface area contributed by atoms with Crippen LogP contribution >= 0.6 is 0 Å². The molecule has 4 nitrogen and oxygen atoms in total. The van der Waals surface area contributed by atoms with Crippen LogP contribution in [0.5, 0.6) is 0 Å². The van der Waals surface area contributed by atoms with Gasteiger partial charge in [0.05, 0.1) is 0 Å². The molecule has 0 aromatic heterocycles. The summed E-state index contributed by atoms with van der Waals surface area (Å²) in [5, 5.41) is 8.85. The molecular formula is C16H22N2O2. The second kappa shape index (κ2) is 5.09. The fourth-order valence-electron chi connectivity index (χ4n) is 3.67. The number of hydrogen-bond donors (Lipinski definition) is 2. The highest BCUT2D eigenvalue weighted by Crippen LogP contribution is 2.46. The van der Waals surface area contributed by atoms with Gasteiger partial charge in [0.15, 0.2) is 0 Å². The highest BCUT2D eigenvalue weighted by molar-refractivity contribution is 5.67. The Kier molecular flexibility index (Phi) is 3.42. The van der Waals surface area contributed by atoms with E-state index < -0.39 is 5.97 Å². The van der Waals surface area contributed by atoms with Crippen molar-refractivity contribution in [3.05, 3.63) is 28.8 Å². The van der Waals surface area contributed by atoms with Crippen molar-refractivity contribution in [2.45, 2.75) is 38.1 Å². The van der Waals surface area contributed by atoms with Gasteiger partial charge in [0.25, 0.3) is 0 Å². The molecule has 3 rings (SSSR count). The van der Waals surface area contributed by atoms with Crippen molar-refractivity contribution in [2.24, 2.45) is 5.92 Å². The minimum Gasteiger partial charge on any atom is -0.481 e. The number of nitrogens with two attached hydrogens (primary N) is 1. The molecule has 0 radical (unpaired) electrons. The van der Waals surface area contributed by atoms with E-state index in [9.17, 15) is 4.79 Å². The molecule has 1 aromatic carbocycles. The molecule has 1 aromatic rings. The van der Waals surface area contributed by atoms with Crippen LogP contribution in [0.4, 0.5) is 5.69 Å². The summed E-state index contributed by atoms with van der Waals surface area (Å²) in [7, 11) is 2.14. The molecule has 2 aliphatic rings. The van der Waals surface area contributed by atoms with Gasteiger partial charge in [0.1, 0.15) is 0 Å². The zero-order valence-electron chi connectivity index (χ0n) is 11.9. The number of anilines is 1. The number of hydrogen-bond acceptors (Lipinski definition) is 3. The van der Waals surface area contributed by atoms with E-state index in [2.05, 4.69) is 24.1 Å². The van der Waals surface area contributed by atoms with E-state index in [4.69, 9.17) is 10.8 Å². The lowest BCUT2D eigenvalue weighted by molar-refractivity contribution is -0.138. The molecule has 4 heteroatoms. The van der Waals surface area contributed by atoms with Gasteiger partial charge in [0.2, 0.25) is 0 Å². The fourth-order valence-corrected chi connectivity index (χ4v) is 3.67. The summed E-state index contributed by atoms with van der Waals surface area (Å²) in [6, 6.07) is 4.22. The maximum absolute atomic E-state index is 10.7. The van der Waals surface area contributed by atoms with Gasteiger partial charge in [-0.05, 0) is 67.0 Å². The first-order chi connectivity index (χ1) is 9.52. The lowest BCUT2D eigenvalue weighted by atomic mass is 9.68. The van der Waals surface area contributed by atoms with Gasteiger partial charge < -0.3 is 15.7 Å². The van der Waals surface area contributed by atoms with Crippen LogP contribution in [0.25, 0.3) is 0 Å². The molecule has 0 spiro atoms. The van der Waals surface area contributed by atoms with Crippen LogP contribution in [-0.2, 0) is 17.8 Å². The van der Waals surface area contributed by atoms with E-state index in [1.807, 2.05) is 0 Å². The van der Waals surface area contributed by atoms with Gasteiger partial charge in [-0.15, -0.1) is 0 Å². The molecular weight excluding hydrogens is 252 g/mol. The van der Waals surface area contributed by atoms with E-state index in [1.165, 1.54) is 16.7 Å². The first kappa shape index (κ1) is 13.4. The highest BCUT2D eigenvalue weighted by atomic mass is 16.4. The standard InChI is InChI=1S/C16H22N2O2/c1-18-3-2-14-12(9-18)7-13(17)8-15(14)11-4-10(5-11)6-16(19)20/h7-8,10-11H,2-6,9,17H2,1H3,(H,19,20). The van der Waals surface area contributed by atoms with Crippen LogP contribution in [0.1, 0.15) is 41.9 Å². The Morgan fingerprint density at radius 2 is 2.20 bits per heavy atom. The maximum Gasteiger partial charge on any atom is 0.303 e. The predicted molar refractivity (Wildman–Crippen MR) is 78.6 cm³/mol. The number of carbonyl (C=O) groups is 1. The van der Waals surface area contributed by atoms with Crippen LogP contribution in [0.2, 0.25) is 0 Å². The van der Waals surface area contributed by atoms with E-state index in [0.717, 1.165) is 38.0 Å². The third kappa shape index (κ3) is 2.52. The van der Waals surface area contributed by atoms with Crippen LogP contribution in [0, 0.1) is 5.92 Å². The Bertz CT molecular complexity index is 536. The minimum atomic E-state index is -0.676. The number of likely N-dealkylation sites (N-methyl/N-ethyl adjacent to an activating group) is 1. The van der Waals surface area contributed by atoms with Crippen LogP contribution in [-0.4, -0.2) is 29.6 Å². The number of aliphatic carboxylic acids is 1. The number of benzene rings is 1. The predicted octanol–water partition coefficient (Wildman–Crippen LogP) is 2.23. The van der Waals surface area contributed by atoms with Crippen molar-refractivity contribution in [2.75, 3.05) is 19.3 Å². The van der Waals surface area contributed by atoms with Gasteiger partial charge in [-0.1, -0.05) is 0 Å². The highest BCUT2D eigenvalue weighted by Gasteiger charge is 2.34. The van der Waals surface area contributed by atoms with Crippen molar-refractivity contribution in [3.8, 4) is 0 Å². The number of nitrogen functional groups attached to an aromatic ring is 1. The molecule has 0 amide bonds. The summed E-state index contributed by atoms with van der Waals surface area (Å²) in [4.78, 5) is 13.1. The van der Waals surface area contributed by atoms with Gasteiger partial charge in [-0.25, -0.2) is 0 Å². The Balaban J connectivity index is 1.79. The third-order valence-corrected chi connectivity index (χ3v) is 4.72. The normalized spacial score (nSPS) is 25.9. The maximum atomic E-state index is 10.7. The van der Waals surface area contributed by atoms with Crippen molar-refractivity contribution < 1.29 is 9.90 Å². The van der Waals surface area contributed by atoms with E-state index >= 15 is 0 Å². The topological polar surface area (TPSA) is 66.6 Å². The monoisotopic (exact) mass is 274 g/mol. The summed E-state index contributed by atoms with van der Waals surface area (Å²) in [5.74, 6) is 0.186. The molecule has 0 unspecified atom stereocenters. The molecule has 0 bridgehead atoms. The molecule has 1 saturated carbocycles.